The summed E-state index contributed by atoms with van der Waals surface area (Å²) in [6.07, 6.45) is 4.78. The van der Waals surface area contributed by atoms with Gasteiger partial charge >= 0.3 is 0 Å². The van der Waals surface area contributed by atoms with Gasteiger partial charge in [0.25, 0.3) is 0 Å². The molecule has 0 amide bonds. The molecule has 0 bridgehead atoms. The summed E-state index contributed by atoms with van der Waals surface area (Å²) in [5.41, 5.74) is 4.64. The van der Waals surface area contributed by atoms with E-state index in [0.717, 1.165) is 28.9 Å². The van der Waals surface area contributed by atoms with Crippen molar-refractivity contribution in [3.63, 3.8) is 0 Å². The summed E-state index contributed by atoms with van der Waals surface area (Å²) in [5.74, 6) is 0.877. The van der Waals surface area contributed by atoms with Crippen molar-refractivity contribution in [1.29, 1.82) is 0 Å². The number of hydrogen-bond donors (Lipinski definition) is 0. The Morgan fingerprint density at radius 1 is 0.957 bits per heavy atom. The van der Waals surface area contributed by atoms with E-state index < -0.39 is 0 Å². The molecule has 2 nitrogen and oxygen atoms in total. The van der Waals surface area contributed by atoms with Crippen LogP contribution in [0.1, 0.15) is 31.7 Å². The normalized spacial score (nSPS) is 10.9. The first kappa shape index (κ1) is 15.5. The molecule has 0 spiro atoms. The Kier molecular flexibility index (Phi) is 4.92. The number of ether oxygens (including phenoxy) is 1. The molecule has 0 aliphatic carbocycles. The first-order chi connectivity index (χ1) is 11.3. The van der Waals surface area contributed by atoms with Crippen LogP contribution >= 0.6 is 0 Å². The lowest BCUT2D eigenvalue weighted by Crippen LogP contribution is -1.95. The highest BCUT2D eigenvalue weighted by Crippen LogP contribution is 2.28. The lowest BCUT2D eigenvalue weighted by molar-refractivity contribution is 0.415. The van der Waals surface area contributed by atoms with Crippen molar-refractivity contribution < 1.29 is 4.74 Å². The first-order valence-electron chi connectivity index (χ1n) is 8.35. The van der Waals surface area contributed by atoms with Gasteiger partial charge in [-0.3, -0.25) is 0 Å². The highest BCUT2D eigenvalue weighted by molar-refractivity contribution is 5.83. The molecule has 0 aliphatic rings. The molecule has 3 aromatic rings. The molecule has 0 radical (unpaired) electrons. The minimum atomic E-state index is 0.877. The van der Waals surface area contributed by atoms with Gasteiger partial charge in [-0.1, -0.05) is 38.0 Å². The van der Waals surface area contributed by atoms with E-state index in [4.69, 9.17) is 9.72 Å². The van der Waals surface area contributed by atoms with Crippen molar-refractivity contribution in [2.24, 2.45) is 0 Å². The molecule has 1 heterocycles. The van der Waals surface area contributed by atoms with Crippen LogP contribution in [0.25, 0.3) is 22.2 Å². The van der Waals surface area contributed by atoms with Gasteiger partial charge < -0.3 is 4.74 Å². The van der Waals surface area contributed by atoms with Crippen molar-refractivity contribution in [2.75, 3.05) is 7.11 Å². The minimum Gasteiger partial charge on any atom is -0.497 e. The second kappa shape index (κ2) is 7.28. The van der Waals surface area contributed by atoms with Crippen molar-refractivity contribution >= 4 is 10.9 Å². The van der Waals surface area contributed by atoms with Gasteiger partial charge in [0.2, 0.25) is 0 Å². The highest BCUT2D eigenvalue weighted by atomic mass is 16.5. The fourth-order valence-electron chi connectivity index (χ4n) is 2.91. The van der Waals surface area contributed by atoms with Gasteiger partial charge in [0.1, 0.15) is 5.75 Å². The number of fused-ring (bicyclic) bond motifs is 1. The standard InChI is InChI=1S/C21H23NO/c1-3-4-5-9-18-15-17-8-6-7-10-20(17)22-21(18)16-11-13-19(23-2)14-12-16/h6-8,10-15H,3-5,9H2,1-2H3. The predicted molar refractivity (Wildman–Crippen MR) is 97.0 cm³/mol. The molecule has 0 N–H and O–H groups in total. The third-order valence-corrected chi connectivity index (χ3v) is 4.22. The fraction of sp³-hybridized carbons (Fsp3) is 0.286. The Labute approximate surface area is 138 Å². The van der Waals surface area contributed by atoms with E-state index in [-0.39, 0.29) is 0 Å². The summed E-state index contributed by atoms with van der Waals surface area (Å²) in [5, 5.41) is 1.22. The molecular formula is C21H23NO. The zero-order chi connectivity index (χ0) is 16.1. The average Bonchev–Trinajstić information content (AvgIpc) is 2.61. The predicted octanol–water partition coefficient (Wildman–Crippen LogP) is 5.64. The van der Waals surface area contributed by atoms with Crippen LogP contribution in [-0.4, -0.2) is 12.1 Å². The van der Waals surface area contributed by atoms with E-state index in [1.165, 1.54) is 30.2 Å². The summed E-state index contributed by atoms with van der Waals surface area (Å²) >= 11 is 0. The SMILES string of the molecule is CCCCCc1cc2ccccc2nc1-c1ccc(OC)cc1. The maximum absolute atomic E-state index is 5.26. The van der Waals surface area contributed by atoms with Crippen LogP contribution in [0.2, 0.25) is 0 Å². The second-order valence-electron chi connectivity index (χ2n) is 5.87. The topological polar surface area (TPSA) is 22.1 Å². The number of hydrogen-bond acceptors (Lipinski definition) is 2. The lowest BCUT2D eigenvalue weighted by atomic mass is 9.98. The molecular weight excluding hydrogens is 282 g/mol. The quantitative estimate of drug-likeness (QED) is 0.549. The summed E-state index contributed by atoms with van der Waals surface area (Å²) in [4.78, 5) is 4.94. The zero-order valence-corrected chi connectivity index (χ0v) is 13.9. The van der Waals surface area contributed by atoms with Crippen LogP contribution < -0.4 is 4.74 Å². The van der Waals surface area contributed by atoms with Crippen LogP contribution in [0, 0.1) is 0 Å². The second-order valence-corrected chi connectivity index (χ2v) is 5.87. The van der Waals surface area contributed by atoms with Crippen LogP contribution in [0.4, 0.5) is 0 Å². The summed E-state index contributed by atoms with van der Waals surface area (Å²) in [6.45, 7) is 2.24. The van der Waals surface area contributed by atoms with Gasteiger partial charge in [0, 0.05) is 10.9 Å². The van der Waals surface area contributed by atoms with E-state index in [2.05, 4.69) is 43.3 Å². The van der Waals surface area contributed by atoms with Crippen molar-refractivity contribution in [2.45, 2.75) is 32.6 Å². The van der Waals surface area contributed by atoms with E-state index in [1.807, 2.05) is 18.2 Å². The van der Waals surface area contributed by atoms with Gasteiger partial charge in [-0.2, -0.15) is 0 Å². The maximum atomic E-state index is 5.26. The minimum absolute atomic E-state index is 0.877. The molecule has 3 rings (SSSR count). The third-order valence-electron chi connectivity index (χ3n) is 4.22. The van der Waals surface area contributed by atoms with E-state index in [0.29, 0.717) is 0 Å². The van der Waals surface area contributed by atoms with Crippen molar-refractivity contribution in [1.82, 2.24) is 4.98 Å². The van der Waals surface area contributed by atoms with Crippen LogP contribution in [0.15, 0.2) is 54.6 Å². The maximum Gasteiger partial charge on any atom is 0.118 e. The first-order valence-corrected chi connectivity index (χ1v) is 8.35. The number of pyridine rings is 1. The van der Waals surface area contributed by atoms with Crippen LogP contribution in [0.3, 0.4) is 0 Å². The number of benzene rings is 2. The smallest absolute Gasteiger partial charge is 0.118 e. The fourth-order valence-corrected chi connectivity index (χ4v) is 2.91. The van der Waals surface area contributed by atoms with Gasteiger partial charge in [-0.25, -0.2) is 4.98 Å². The molecule has 2 heteroatoms. The molecule has 118 valence electrons. The van der Waals surface area contributed by atoms with E-state index in [1.54, 1.807) is 7.11 Å². The molecule has 0 saturated carbocycles. The Morgan fingerprint density at radius 2 is 1.74 bits per heavy atom. The van der Waals surface area contributed by atoms with Crippen LogP contribution in [-0.2, 0) is 6.42 Å². The number of methoxy groups -OCH3 is 1. The Bertz CT molecular complexity index is 777. The lowest BCUT2D eigenvalue weighted by Gasteiger charge is -2.11. The van der Waals surface area contributed by atoms with Gasteiger partial charge in [0.05, 0.1) is 18.3 Å². The van der Waals surface area contributed by atoms with Gasteiger partial charge in [-0.05, 0) is 54.8 Å². The average molecular weight is 305 g/mol. The van der Waals surface area contributed by atoms with E-state index >= 15 is 0 Å². The Balaban J connectivity index is 2.05. The number of aromatic nitrogens is 1. The monoisotopic (exact) mass is 305 g/mol. The van der Waals surface area contributed by atoms with Gasteiger partial charge in [0.15, 0.2) is 0 Å². The number of nitrogens with zero attached hydrogens (tertiary/aromatic N) is 1. The Morgan fingerprint density at radius 3 is 2.48 bits per heavy atom. The number of unbranched alkanes of at least 4 members (excludes halogenated alkanes) is 2. The summed E-state index contributed by atoms with van der Waals surface area (Å²) < 4.78 is 5.26. The van der Waals surface area contributed by atoms with Crippen molar-refractivity contribution in [3.8, 4) is 17.0 Å². The summed E-state index contributed by atoms with van der Waals surface area (Å²) in [7, 11) is 1.69. The summed E-state index contributed by atoms with van der Waals surface area (Å²) in [6, 6.07) is 18.8. The third kappa shape index (κ3) is 3.53. The van der Waals surface area contributed by atoms with Crippen molar-refractivity contribution in [3.05, 3.63) is 60.2 Å². The molecule has 1 aromatic heterocycles. The Hall–Kier alpha value is -2.35. The molecule has 0 saturated heterocycles. The number of para-hydroxylation sites is 1. The number of rotatable bonds is 6. The van der Waals surface area contributed by atoms with Gasteiger partial charge in [-0.15, -0.1) is 0 Å². The largest absolute Gasteiger partial charge is 0.497 e. The van der Waals surface area contributed by atoms with Crippen LogP contribution in [0.5, 0.6) is 5.75 Å². The molecule has 23 heavy (non-hydrogen) atoms. The molecule has 0 aliphatic heterocycles. The molecule has 2 aromatic carbocycles. The number of aryl methyl sites for hydroxylation is 1. The molecule has 0 atom stereocenters. The highest BCUT2D eigenvalue weighted by Gasteiger charge is 2.09. The van der Waals surface area contributed by atoms with E-state index in [9.17, 15) is 0 Å². The molecule has 0 fully saturated rings. The zero-order valence-electron chi connectivity index (χ0n) is 13.9. The molecule has 0 unspecified atom stereocenters.